The highest BCUT2D eigenvalue weighted by molar-refractivity contribution is 7.89. The summed E-state index contributed by atoms with van der Waals surface area (Å²) in [6, 6.07) is 26.2. The van der Waals surface area contributed by atoms with E-state index in [1.807, 2.05) is 60.4 Å². The molecule has 1 fully saturated rings. The predicted molar refractivity (Wildman–Crippen MR) is 135 cm³/mol. The van der Waals surface area contributed by atoms with Crippen LogP contribution in [0.3, 0.4) is 0 Å². The van der Waals surface area contributed by atoms with E-state index in [4.69, 9.17) is 0 Å². The third-order valence-corrected chi connectivity index (χ3v) is 7.80. The van der Waals surface area contributed by atoms with Gasteiger partial charge in [-0.25, -0.2) is 13.1 Å². The van der Waals surface area contributed by atoms with Crippen LogP contribution in [0.5, 0.6) is 0 Å². The molecule has 0 unspecified atom stereocenters. The summed E-state index contributed by atoms with van der Waals surface area (Å²) in [7, 11) is -3.63. The number of sulfonamides is 1. The molecule has 1 aliphatic rings. The van der Waals surface area contributed by atoms with E-state index < -0.39 is 10.0 Å². The van der Waals surface area contributed by atoms with E-state index in [1.54, 1.807) is 24.3 Å². The highest BCUT2D eigenvalue weighted by Crippen LogP contribution is 2.19. The average molecular weight is 478 g/mol. The zero-order chi connectivity index (χ0) is 24.0. The first-order valence-electron chi connectivity index (χ1n) is 11.7. The normalized spacial score (nSPS) is 15.2. The predicted octanol–water partition coefficient (Wildman–Crippen LogP) is 4.01. The molecule has 1 amide bonds. The van der Waals surface area contributed by atoms with Crippen LogP contribution in [0.2, 0.25) is 0 Å². The Morgan fingerprint density at radius 3 is 2.06 bits per heavy atom. The summed E-state index contributed by atoms with van der Waals surface area (Å²) in [5.41, 5.74) is 3.05. The van der Waals surface area contributed by atoms with Crippen LogP contribution in [-0.2, 0) is 21.2 Å². The van der Waals surface area contributed by atoms with Gasteiger partial charge in [0.1, 0.15) is 0 Å². The zero-order valence-electron chi connectivity index (χ0n) is 19.4. The molecule has 0 radical (unpaired) electrons. The van der Waals surface area contributed by atoms with Crippen LogP contribution < -0.4 is 9.62 Å². The summed E-state index contributed by atoms with van der Waals surface area (Å²) < 4.78 is 28.2. The fourth-order valence-corrected chi connectivity index (χ4v) is 5.44. The first-order chi connectivity index (χ1) is 16.4. The van der Waals surface area contributed by atoms with Crippen molar-refractivity contribution >= 4 is 21.6 Å². The number of hydrogen-bond acceptors (Lipinski definition) is 4. The molecule has 1 atom stereocenters. The molecule has 1 saturated heterocycles. The van der Waals surface area contributed by atoms with Gasteiger partial charge in [0, 0.05) is 44.3 Å². The SMILES string of the molecule is C[C@H](NS(=O)(=O)c1ccc(CCC(=O)N2CCN(c3ccccc3)CC2)cc1)c1ccccc1. The molecular weight excluding hydrogens is 446 g/mol. The molecule has 3 aromatic rings. The van der Waals surface area contributed by atoms with E-state index >= 15 is 0 Å². The lowest BCUT2D eigenvalue weighted by Gasteiger charge is -2.36. The lowest BCUT2D eigenvalue weighted by molar-refractivity contribution is -0.131. The number of hydrogen-bond donors (Lipinski definition) is 1. The number of benzene rings is 3. The Labute approximate surface area is 202 Å². The number of anilines is 1. The average Bonchev–Trinajstić information content (AvgIpc) is 2.88. The molecule has 1 N–H and O–H groups in total. The third-order valence-electron chi connectivity index (χ3n) is 6.25. The van der Waals surface area contributed by atoms with Crippen molar-refractivity contribution in [1.82, 2.24) is 9.62 Å². The van der Waals surface area contributed by atoms with E-state index in [9.17, 15) is 13.2 Å². The van der Waals surface area contributed by atoms with Gasteiger partial charge in [0.15, 0.2) is 0 Å². The van der Waals surface area contributed by atoms with Crippen LogP contribution in [0.15, 0.2) is 89.8 Å². The van der Waals surface area contributed by atoms with E-state index in [-0.39, 0.29) is 16.8 Å². The molecule has 178 valence electrons. The number of carbonyl (C=O) groups is 1. The Hall–Kier alpha value is -3.16. The summed E-state index contributed by atoms with van der Waals surface area (Å²) >= 11 is 0. The largest absolute Gasteiger partial charge is 0.368 e. The van der Waals surface area contributed by atoms with Crippen molar-refractivity contribution < 1.29 is 13.2 Å². The van der Waals surface area contributed by atoms with Crippen LogP contribution in [0.4, 0.5) is 5.69 Å². The van der Waals surface area contributed by atoms with Crippen LogP contribution in [0.1, 0.15) is 30.5 Å². The molecule has 0 aliphatic carbocycles. The topological polar surface area (TPSA) is 69.7 Å². The van der Waals surface area contributed by atoms with Crippen LogP contribution in [0, 0.1) is 0 Å². The Kier molecular flexibility index (Phi) is 7.65. The number of piperazine rings is 1. The lowest BCUT2D eigenvalue weighted by Crippen LogP contribution is -2.48. The van der Waals surface area contributed by atoms with Crippen LogP contribution in [-0.4, -0.2) is 45.4 Å². The maximum atomic E-state index is 12.8. The van der Waals surface area contributed by atoms with Gasteiger partial charge in [-0.15, -0.1) is 0 Å². The fourth-order valence-electron chi connectivity index (χ4n) is 4.21. The summed E-state index contributed by atoms with van der Waals surface area (Å²) in [4.78, 5) is 17.1. The molecule has 0 saturated carbocycles. The number of rotatable bonds is 8. The number of nitrogens with zero attached hydrogens (tertiary/aromatic N) is 2. The smallest absolute Gasteiger partial charge is 0.241 e. The Bertz CT molecular complexity index is 1170. The van der Waals surface area contributed by atoms with Crippen molar-refractivity contribution in [3.05, 3.63) is 96.1 Å². The van der Waals surface area contributed by atoms with Gasteiger partial charge in [-0.1, -0.05) is 60.7 Å². The number of amides is 1. The second-order valence-electron chi connectivity index (χ2n) is 8.60. The van der Waals surface area contributed by atoms with Crippen molar-refractivity contribution in [3.8, 4) is 0 Å². The Balaban J connectivity index is 1.27. The maximum Gasteiger partial charge on any atom is 0.241 e. The fraction of sp³-hybridized carbons (Fsp3) is 0.296. The van der Waals surface area contributed by atoms with Gasteiger partial charge in [-0.2, -0.15) is 0 Å². The minimum absolute atomic E-state index is 0.141. The summed E-state index contributed by atoms with van der Waals surface area (Å²) in [6.07, 6.45) is 1.01. The molecule has 7 heteroatoms. The first kappa shape index (κ1) is 24.0. The highest BCUT2D eigenvalue weighted by Gasteiger charge is 2.21. The van der Waals surface area contributed by atoms with Gasteiger partial charge in [-0.3, -0.25) is 4.79 Å². The molecule has 0 bridgehead atoms. The summed E-state index contributed by atoms with van der Waals surface area (Å²) in [5.74, 6) is 0.141. The van der Waals surface area contributed by atoms with Gasteiger partial charge < -0.3 is 9.80 Å². The number of para-hydroxylation sites is 1. The molecule has 1 heterocycles. The Morgan fingerprint density at radius 2 is 1.44 bits per heavy atom. The van der Waals surface area contributed by atoms with Crippen molar-refractivity contribution in [3.63, 3.8) is 0 Å². The molecule has 4 rings (SSSR count). The quantitative estimate of drug-likeness (QED) is 0.532. The number of carbonyl (C=O) groups excluding carboxylic acids is 1. The molecule has 6 nitrogen and oxygen atoms in total. The number of nitrogens with one attached hydrogen (secondary N) is 1. The minimum Gasteiger partial charge on any atom is -0.368 e. The standard InChI is InChI=1S/C27H31N3O3S/c1-22(24-8-4-2-5-9-24)28-34(32,33)26-15-12-23(13-16-26)14-17-27(31)30-20-18-29(19-21-30)25-10-6-3-7-11-25/h2-13,15-16,22,28H,14,17-21H2,1H3/t22-/m0/s1. The van der Waals surface area contributed by atoms with E-state index in [1.165, 1.54) is 5.69 Å². The van der Waals surface area contributed by atoms with Crippen LogP contribution in [0.25, 0.3) is 0 Å². The molecule has 0 aromatic heterocycles. The molecule has 3 aromatic carbocycles. The van der Waals surface area contributed by atoms with Gasteiger partial charge in [0.2, 0.25) is 15.9 Å². The van der Waals surface area contributed by atoms with E-state index in [2.05, 4.69) is 21.8 Å². The molecular formula is C27H31N3O3S. The second-order valence-corrected chi connectivity index (χ2v) is 10.3. The van der Waals surface area contributed by atoms with E-state index in [0.29, 0.717) is 12.8 Å². The highest BCUT2D eigenvalue weighted by atomic mass is 32.2. The minimum atomic E-state index is -3.63. The van der Waals surface area contributed by atoms with Gasteiger partial charge >= 0.3 is 0 Å². The van der Waals surface area contributed by atoms with Crippen molar-refractivity contribution in [2.45, 2.75) is 30.7 Å². The lowest BCUT2D eigenvalue weighted by atomic mass is 10.1. The van der Waals surface area contributed by atoms with Crippen molar-refractivity contribution in [2.75, 3.05) is 31.1 Å². The van der Waals surface area contributed by atoms with Gasteiger partial charge in [-0.05, 0) is 48.7 Å². The van der Waals surface area contributed by atoms with Gasteiger partial charge in [0.25, 0.3) is 0 Å². The monoisotopic (exact) mass is 477 g/mol. The first-order valence-corrected chi connectivity index (χ1v) is 13.1. The molecule has 34 heavy (non-hydrogen) atoms. The zero-order valence-corrected chi connectivity index (χ0v) is 20.2. The third kappa shape index (κ3) is 6.04. The number of aryl methyl sites for hydroxylation is 1. The second kappa shape index (κ2) is 10.8. The van der Waals surface area contributed by atoms with E-state index in [0.717, 1.165) is 37.3 Å². The summed E-state index contributed by atoms with van der Waals surface area (Å²) in [6.45, 7) is 4.92. The maximum absolute atomic E-state index is 12.8. The van der Waals surface area contributed by atoms with Gasteiger partial charge in [0.05, 0.1) is 4.90 Å². The van der Waals surface area contributed by atoms with Crippen molar-refractivity contribution in [1.29, 1.82) is 0 Å². The van der Waals surface area contributed by atoms with Crippen molar-refractivity contribution in [2.24, 2.45) is 0 Å². The summed E-state index contributed by atoms with van der Waals surface area (Å²) in [5, 5.41) is 0. The molecule has 0 spiro atoms. The molecule has 1 aliphatic heterocycles. The Morgan fingerprint density at radius 1 is 0.853 bits per heavy atom. The van der Waals surface area contributed by atoms with Crippen LogP contribution >= 0.6 is 0 Å².